The van der Waals surface area contributed by atoms with Crippen molar-refractivity contribution < 1.29 is 27.8 Å². The number of alkyl halides is 3. The Kier molecular flexibility index (Phi) is 6.61. The number of nitrogens with zero attached hydrogens (tertiary/aromatic N) is 3. The van der Waals surface area contributed by atoms with Crippen molar-refractivity contribution in [3.8, 4) is 28.4 Å². The molecule has 1 saturated heterocycles. The summed E-state index contributed by atoms with van der Waals surface area (Å²) in [4.78, 5) is 15.5. The van der Waals surface area contributed by atoms with Gasteiger partial charge in [0.05, 0.1) is 31.2 Å². The van der Waals surface area contributed by atoms with Gasteiger partial charge in [-0.1, -0.05) is 0 Å². The molecule has 1 unspecified atom stereocenters. The van der Waals surface area contributed by atoms with E-state index in [1.165, 1.54) is 26.4 Å². The van der Waals surface area contributed by atoms with Gasteiger partial charge in [0.25, 0.3) is 5.56 Å². The molecule has 5 rings (SSSR count). The van der Waals surface area contributed by atoms with Crippen LogP contribution in [0.25, 0.3) is 16.9 Å². The highest BCUT2D eigenvalue weighted by Gasteiger charge is 2.36. The Morgan fingerprint density at radius 3 is 2.38 bits per heavy atom. The molecular formula is C27H28F3N3O4. The van der Waals surface area contributed by atoms with Crippen LogP contribution in [0, 0.1) is 5.92 Å². The van der Waals surface area contributed by atoms with Crippen LogP contribution in [0.15, 0.2) is 41.2 Å². The summed E-state index contributed by atoms with van der Waals surface area (Å²) in [7, 11) is 3.02. The van der Waals surface area contributed by atoms with E-state index in [0.29, 0.717) is 66.4 Å². The zero-order valence-corrected chi connectivity index (χ0v) is 20.6. The van der Waals surface area contributed by atoms with Gasteiger partial charge in [-0.3, -0.25) is 4.79 Å². The first-order valence-electron chi connectivity index (χ1n) is 12.2. The molecule has 0 bridgehead atoms. The maximum atomic E-state index is 14.2. The average molecular weight is 516 g/mol. The summed E-state index contributed by atoms with van der Waals surface area (Å²) in [6.07, 6.45) is -2.16. The van der Waals surface area contributed by atoms with Crippen molar-refractivity contribution in [3.63, 3.8) is 0 Å². The van der Waals surface area contributed by atoms with E-state index >= 15 is 0 Å². The SMILES string of the molecule is COc1cc(OC)cc(-c2nn(-c3cc(N4CCC(CO)C4)ccc3C(F)(F)F)c(=O)c3c2CCC3)c1. The van der Waals surface area contributed by atoms with Gasteiger partial charge in [-0.05, 0) is 61.6 Å². The second kappa shape index (κ2) is 9.74. The maximum absolute atomic E-state index is 14.2. The fraction of sp³-hybridized carbons (Fsp3) is 0.407. The average Bonchev–Trinajstić information content (AvgIpc) is 3.58. The number of rotatable bonds is 6. The summed E-state index contributed by atoms with van der Waals surface area (Å²) >= 11 is 0. The largest absolute Gasteiger partial charge is 0.497 e. The maximum Gasteiger partial charge on any atom is 0.418 e. The van der Waals surface area contributed by atoms with Gasteiger partial charge in [0.2, 0.25) is 0 Å². The molecule has 0 amide bonds. The van der Waals surface area contributed by atoms with E-state index in [4.69, 9.17) is 9.47 Å². The molecule has 1 N–H and O–H groups in total. The van der Waals surface area contributed by atoms with Crippen LogP contribution in [0.5, 0.6) is 11.5 Å². The third-order valence-corrected chi connectivity index (χ3v) is 7.20. The molecule has 0 saturated carbocycles. The first kappa shape index (κ1) is 25.1. The van der Waals surface area contributed by atoms with Crippen molar-refractivity contribution >= 4 is 5.69 Å². The predicted molar refractivity (Wildman–Crippen MR) is 133 cm³/mol. The van der Waals surface area contributed by atoms with Crippen molar-refractivity contribution in [2.75, 3.05) is 38.8 Å². The number of benzene rings is 2. The fourth-order valence-electron chi connectivity index (χ4n) is 5.26. The summed E-state index contributed by atoms with van der Waals surface area (Å²) in [5.41, 5.74) is 1.02. The number of hydrogen-bond acceptors (Lipinski definition) is 6. The number of aliphatic hydroxyl groups is 1. The minimum atomic E-state index is -4.69. The molecule has 2 aliphatic rings. The van der Waals surface area contributed by atoms with Crippen molar-refractivity contribution in [2.24, 2.45) is 5.92 Å². The number of ether oxygens (including phenoxy) is 2. The second-order valence-corrected chi connectivity index (χ2v) is 9.46. The minimum absolute atomic E-state index is 0.0171. The van der Waals surface area contributed by atoms with E-state index in [0.717, 1.165) is 22.7 Å². The predicted octanol–water partition coefficient (Wildman–Crippen LogP) is 4.24. The van der Waals surface area contributed by atoms with Gasteiger partial charge in [-0.2, -0.15) is 23.0 Å². The van der Waals surface area contributed by atoms with Crippen LogP contribution >= 0.6 is 0 Å². The normalized spacial score (nSPS) is 17.2. The highest BCUT2D eigenvalue weighted by atomic mass is 19.4. The van der Waals surface area contributed by atoms with Crippen molar-refractivity contribution in [2.45, 2.75) is 31.9 Å². The molecule has 0 radical (unpaired) electrons. The molecule has 37 heavy (non-hydrogen) atoms. The van der Waals surface area contributed by atoms with E-state index in [1.807, 2.05) is 4.90 Å². The molecule has 0 spiro atoms. The van der Waals surface area contributed by atoms with E-state index in [1.54, 1.807) is 18.2 Å². The molecule has 1 aliphatic carbocycles. The Hall–Kier alpha value is -3.53. The first-order chi connectivity index (χ1) is 17.7. The molecule has 196 valence electrons. The van der Waals surface area contributed by atoms with Gasteiger partial charge in [0, 0.05) is 48.5 Å². The minimum Gasteiger partial charge on any atom is -0.497 e. The molecule has 2 heterocycles. The Morgan fingerprint density at radius 1 is 1.05 bits per heavy atom. The second-order valence-electron chi connectivity index (χ2n) is 9.46. The lowest BCUT2D eigenvalue weighted by Crippen LogP contribution is -2.29. The summed E-state index contributed by atoms with van der Waals surface area (Å²) in [5.74, 6) is 1.07. The summed E-state index contributed by atoms with van der Waals surface area (Å²) < 4.78 is 54.2. The van der Waals surface area contributed by atoms with Crippen molar-refractivity contribution in [1.29, 1.82) is 0 Å². The molecule has 7 nitrogen and oxygen atoms in total. The lowest BCUT2D eigenvalue weighted by Gasteiger charge is -2.22. The number of halogens is 3. The number of methoxy groups -OCH3 is 2. The van der Waals surface area contributed by atoms with Gasteiger partial charge in [-0.25, -0.2) is 0 Å². The third kappa shape index (κ3) is 4.66. The molecular weight excluding hydrogens is 487 g/mol. The molecule has 10 heteroatoms. The van der Waals surface area contributed by atoms with Crippen molar-refractivity contribution in [1.82, 2.24) is 9.78 Å². The Labute approximate surface area is 212 Å². The number of aromatic nitrogens is 2. The molecule has 1 atom stereocenters. The molecule has 3 aromatic rings. The third-order valence-electron chi connectivity index (χ3n) is 7.20. The number of hydrogen-bond donors (Lipinski definition) is 1. The molecule has 1 fully saturated rings. The van der Waals surface area contributed by atoms with Crippen LogP contribution in [0.3, 0.4) is 0 Å². The van der Waals surface area contributed by atoms with Crippen LogP contribution in [-0.2, 0) is 19.0 Å². The molecule has 2 aromatic carbocycles. The fourth-order valence-corrected chi connectivity index (χ4v) is 5.26. The Morgan fingerprint density at radius 2 is 1.76 bits per heavy atom. The van der Waals surface area contributed by atoms with Gasteiger partial charge in [0.1, 0.15) is 11.5 Å². The van der Waals surface area contributed by atoms with Crippen LogP contribution in [0.1, 0.15) is 29.5 Å². The van der Waals surface area contributed by atoms with Gasteiger partial charge < -0.3 is 19.5 Å². The number of fused-ring (bicyclic) bond motifs is 1. The van der Waals surface area contributed by atoms with Crippen molar-refractivity contribution in [3.05, 3.63) is 63.4 Å². The smallest absolute Gasteiger partial charge is 0.418 e. The summed E-state index contributed by atoms with van der Waals surface area (Å²) in [6.45, 7) is 1.16. The lowest BCUT2D eigenvalue weighted by atomic mass is 10.0. The molecule has 1 aliphatic heterocycles. The van der Waals surface area contributed by atoms with Gasteiger partial charge in [0.15, 0.2) is 0 Å². The monoisotopic (exact) mass is 515 g/mol. The lowest BCUT2D eigenvalue weighted by molar-refractivity contribution is -0.137. The van der Waals surface area contributed by atoms with Crippen LogP contribution in [-0.4, -0.2) is 48.8 Å². The highest BCUT2D eigenvalue weighted by molar-refractivity contribution is 5.69. The van der Waals surface area contributed by atoms with Gasteiger partial charge >= 0.3 is 6.18 Å². The summed E-state index contributed by atoms with van der Waals surface area (Å²) in [6, 6.07) is 8.97. The Balaban J connectivity index is 1.73. The standard InChI is InChI=1S/C27H28F3N3O4/c1-36-19-10-17(11-20(13-19)37-2)25-21-4-3-5-22(21)26(35)33(31-25)24-12-18(6-7-23(24)27(28,29)30)32-9-8-16(14-32)15-34/h6-7,10-13,16,34H,3-5,8-9,14-15H2,1-2H3. The zero-order valence-electron chi connectivity index (χ0n) is 20.6. The van der Waals surface area contributed by atoms with Gasteiger partial charge in [-0.15, -0.1) is 0 Å². The first-order valence-corrected chi connectivity index (χ1v) is 12.2. The van der Waals surface area contributed by atoms with Crippen LogP contribution in [0.2, 0.25) is 0 Å². The number of anilines is 1. The zero-order chi connectivity index (χ0) is 26.3. The van der Waals surface area contributed by atoms with E-state index in [9.17, 15) is 23.1 Å². The molecule has 1 aromatic heterocycles. The van der Waals surface area contributed by atoms with E-state index in [2.05, 4.69) is 5.10 Å². The van der Waals surface area contributed by atoms with Crippen LogP contribution in [0.4, 0.5) is 18.9 Å². The van der Waals surface area contributed by atoms with Crippen LogP contribution < -0.4 is 19.9 Å². The van der Waals surface area contributed by atoms with E-state index < -0.39 is 17.3 Å². The Bertz CT molecular complexity index is 1360. The van der Waals surface area contributed by atoms with E-state index in [-0.39, 0.29) is 18.2 Å². The highest BCUT2D eigenvalue weighted by Crippen LogP contribution is 2.38. The topological polar surface area (TPSA) is 76.8 Å². The number of aliphatic hydroxyl groups excluding tert-OH is 1. The quantitative estimate of drug-likeness (QED) is 0.529. The summed E-state index contributed by atoms with van der Waals surface area (Å²) in [5, 5.41) is 14.0.